The van der Waals surface area contributed by atoms with Gasteiger partial charge in [-0.2, -0.15) is 0 Å². The third kappa shape index (κ3) is 6.33. The summed E-state index contributed by atoms with van der Waals surface area (Å²) in [5.74, 6) is 0.876. The fourth-order valence-electron chi connectivity index (χ4n) is 2.55. The zero-order chi connectivity index (χ0) is 15.4. The molecule has 3 heteroatoms. The number of nitrogens with zero attached hydrogens (tertiary/aromatic N) is 1. The standard InChI is InChI=1S/C16H31NO2/c1-12(2)9-17(10-13(3)18)16(7,8)11-15(5,6)14(4)19/h12H,9-11H2,1-8H3. The first-order chi connectivity index (χ1) is 8.38. The lowest BCUT2D eigenvalue weighted by Crippen LogP contribution is -2.50. The van der Waals surface area contributed by atoms with Crippen LogP contribution in [-0.2, 0) is 9.59 Å². The van der Waals surface area contributed by atoms with Gasteiger partial charge in [0.25, 0.3) is 0 Å². The molecule has 0 aromatic carbocycles. The van der Waals surface area contributed by atoms with Gasteiger partial charge in [0.15, 0.2) is 0 Å². The topological polar surface area (TPSA) is 37.4 Å². The number of hydrogen-bond donors (Lipinski definition) is 0. The molecule has 0 heterocycles. The molecule has 0 aliphatic rings. The Morgan fingerprint density at radius 3 is 1.84 bits per heavy atom. The summed E-state index contributed by atoms with van der Waals surface area (Å²) in [5, 5.41) is 0. The molecule has 0 aromatic rings. The van der Waals surface area contributed by atoms with Crippen LogP contribution in [0, 0.1) is 11.3 Å². The van der Waals surface area contributed by atoms with E-state index in [-0.39, 0.29) is 22.5 Å². The molecule has 0 unspecified atom stereocenters. The van der Waals surface area contributed by atoms with Crippen LogP contribution in [0.3, 0.4) is 0 Å². The van der Waals surface area contributed by atoms with Crippen molar-refractivity contribution in [2.24, 2.45) is 11.3 Å². The van der Waals surface area contributed by atoms with Crippen molar-refractivity contribution in [1.82, 2.24) is 4.90 Å². The summed E-state index contributed by atoms with van der Waals surface area (Å²) >= 11 is 0. The van der Waals surface area contributed by atoms with Crippen molar-refractivity contribution < 1.29 is 9.59 Å². The highest BCUT2D eigenvalue weighted by Gasteiger charge is 2.36. The second-order valence-electron chi connectivity index (χ2n) is 7.41. The molecule has 112 valence electrons. The molecule has 0 radical (unpaired) electrons. The van der Waals surface area contributed by atoms with E-state index >= 15 is 0 Å². The van der Waals surface area contributed by atoms with Crippen LogP contribution < -0.4 is 0 Å². The van der Waals surface area contributed by atoms with Crippen LogP contribution in [0.25, 0.3) is 0 Å². The number of ketones is 2. The normalized spacial score (nSPS) is 13.2. The Morgan fingerprint density at radius 1 is 1.05 bits per heavy atom. The van der Waals surface area contributed by atoms with Crippen molar-refractivity contribution in [2.75, 3.05) is 13.1 Å². The molecule has 0 fully saturated rings. The summed E-state index contributed by atoms with van der Waals surface area (Å²) in [5.41, 5.74) is -0.513. The fraction of sp³-hybridized carbons (Fsp3) is 0.875. The average Bonchev–Trinajstić information content (AvgIpc) is 2.12. The number of rotatable bonds is 8. The van der Waals surface area contributed by atoms with Gasteiger partial charge in [0.1, 0.15) is 11.6 Å². The highest BCUT2D eigenvalue weighted by Crippen LogP contribution is 2.33. The molecule has 0 aromatic heterocycles. The molecule has 0 atom stereocenters. The quantitative estimate of drug-likeness (QED) is 0.678. The Hall–Kier alpha value is -0.700. The zero-order valence-corrected chi connectivity index (χ0v) is 14.0. The van der Waals surface area contributed by atoms with Crippen molar-refractivity contribution in [3.8, 4) is 0 Å². The predicted octanol–water partition coefficient (Wildman–Crippen LogP) is 3.32. The molecule has 0 saturated carbocycles. The van der Waals surface area contributed by atoms with Crippen molar-refractivity contribution in [2.45, 2.75) is 67.3 Å². The van der Waals surface area contributed by atoms with Gasteiger partial charge in [-0.15, -0.1) is 0 Å². The van der Waals surface area contributed by atoms with Crippen LogP contribution in [0.1, 0.15) is 61.8 Å². The molecule has 0 N–H and O–H groups in total. The Labute approximate surface area is 118 Å². The summed E-state index contributed by atoms with van der Waals surface area (Å²) in [7, 11) is 0. The number of Topliss-reactive ketones (excluding diaryl/α,β-unsaturated/α-hetero) is 2. The SMILES string of the molecule is CC(=O)CN(CC(C)C)C(C)(C)CC(C)(C)C(C)=O. The lowest BCUT2D eigenvalue weighted by Gasteiger charge is -2.43. The van der Waals surface area contributed by atoms with E-state index in [1.807, 2.05) is 13.8 Å². The summed E-state index contributed by atoms with van der Waals surface area (Å²) in [4.78, 5) is 25.4. The summed E-state index contributed by atoms with van der Waals surface area (Å²) in [6.07, 6.45) is 0.759. The predicted molar refractivity (Wildman–Crippen MR) is 80.3 cm³/mol. The Bertz CT molecular complexity index is 330. The highest BCUT2D eigenvalue weighted by atomic mass is 16.1. The lowest BCUT2D eigenvalue weighted by molar-refractivity contribution is -0.127. The van der Waals surface area contributed by atoms with Gasteiger partial charge in [-0.3, -0.25) is 14.5 Å². The molecular weight excluding hydrogens is 238 g/mol. The van der Waals surface area contributed by atoms with Gasteiger partial charge in [-0.05, 0) is 40.0 Å². The third-order valence-corrected chi connectivity index (χ3v) is 3.68. The van der Waals surface area contributed by atoms with Gasteiger partial charge >= 0.3 is 0 Å². The largest absolute Gasteiger partial charge is 0.299 e. The van der Waals surface area contributed by atoms with Gasteiger partial charge in [0, 0.05) is 17.5 Å². The second-order valence-corrected chi connectivity index (χ2v) is 7.41. The molecule has 3 nitrogen and oxygen atoms in total. The Balaban J connectivity index is 5.06. The maximum absolute atomic E-state index is 11.7. The lowest BCUT2D eigenvalue weighted by atomic mass is 9.76. The zero-order valence-electron chi connectivity index (χ0n) is 14.0. The molecule has 0 aliphatic carbocycles. The van der Waals surface area contributed by atoms with Gasteiger partial charge in [0.2, 0.25) is 0 Å². The first-order valence-corrected chi connectivity index (χ1v) is 7.14. The maximum Gasteiger partial charge on any atom is 0.143 e. The summed E-state index contributed by atoms with van der Waals surface area (Å²) in [6.45, 7) is 17.1. The van der Waals surface area contributed by atoms with Gasteiger partial charge in [-0.25, -0.2) is 0 Å². The van der Waals surface area contributed by atoms with E-state index < -0.39 is 0 Å². The molecule has 0 rings (SSSR count). The first kappa shape index (κ1) is 18.3. The van der Waals surface area contributed by atoms with Crippen molar-refractivity contribution in [3.05, 3.63) is 0 Å². The summed E-state index contributed by atoms with van der Waals surface area (Å²) < 4.78 is 0. The highest BCUT2D eigenvalue weighted by molar-refractivity contribution is 5.81. The van der Waals surface area contributed by atoms with Crippen LogP contribution in [0.5, 0.6) is 0 Å². The maximum atomic E-state index is 11.7. The van der Waals surface area contributed by atoms with E-state index in [1.54, 1.807) is 13.8 Å². The van der Waals surface area contributed by atoms with Gasteiger partial charge in [0.05, 0.1) is 6.54 Å². The number of carbonyl (C=O) groups is 2. The van der Waals surface area contributed by atoms with Gasteiger partial charge in [-0.1, -0.05) is 27.7 Å². The van der Waals surface area contributed by atoms with Crippen molar-refractivity contribution in [1.29, 1.82) is 0 Å². The van der Waals surface area contributed by atoms with Crippen LogP contribution >= 0.6 is 0 Å². The van der Waals surface area contributed by atoms with Crippen molar-refractivity contribution >= 4 is 11.6 Å². The van der Waals surface area contributed by atoms with E-state index in [9.17, 15) is 9.59 Å². The Morgan fingerprint density at radius 2 is 1.53 bits per heavy atom. The van der Waals surface area contributed by atoms with Crippen LogP contribution in [0.4, 0.5) is 0 Å². The molecule has 0 saturated heterocycles. The molecular formula is C16H31NO2. The Kier molecular flexibility index (Phi) is 6.40. The summed E-state index contributed by atoms with van der Waals surface area (Å²) in [6, 6.07) is 0. The van der Waals surface area contributed by atoms with E-state index in [2.05, 4.69) is 32.6 Å². The monoisotopic (exact) mass is 269 g/mol. The van der Waals surface area contributed by atoms with E-state index in [1.165, 1.54) is 0 Å². The minimum absolute atomic E-state index is 0.162. The number of carbonyl (C=O) groups excluding carboxylic acids is 2. The average molecular weight is 269 g/mol. The molecule has 0 aliphatic heterocycles. The minimum atomic E-state index is -0.352. The number of hydrogen-bond acceptors (Lipinski definition) is 3. The van der Waals surface area contributed by atoms with Crippen LogP contribution in [-0.4, -0.2) is 35.1 Å². The molecule has 0 amide bonds. The molecule has 19 heavy (non-hydrogen) atoms. The van der Waals surface area contributed by atoms with Crippen LogP contribution in [0.2, 0.25) is 0 Å². The van der Waals surface area contributed by atoms with Crippen LogP contribution in [0.15, 0.2) is 0 Å². The van der Waals surface area contributed by atoms with Gasteiger partial charge < -0.3 is 0 Å². The van der Waals surface area contributed by atoms with E-state index in [4.69, 9.17) is 0 Å². The fourth-order valence-corrected chi connectivity index (χ4v) is 2.55. The molecule has 0 bridgehead atoms. The van der Waals surface area contributed by atoms with E-state index in [0.29, 0.717) is 12.5 Å². The first-order valence-electron chi connectivity index (χ1n) is 7.14. The third-order valence-electron chi connectivity index (χ3n) is 3.68. The van der Waals surface area contributed by atoms with E-state index in [0.717, 1.165) is 13.0 Å². The van der Waals surface area contributed by atoms with Crippen molar-refractivity contribution in [3.63, 3.8) is 0 Å². The minimum Gasteiger partial charge on any atom is -0.299 e. The molecule has 0 spiro atoms. The second kappa shape index (κ2) is 6.65. The smallest absolute Gasteiger partial charge is 0.143 e.